The maximum atomic E-state index is 12.5. The van der Waals surface area contributed by atoms with Gasteiger partial charge >= 0.3 is 5.97 Å². The van der Waals surface area contributed by atoms with Gasteiger partial charge < -0.3 is 9.67 Å². The average molecular weight is 307 g/mol. The van der Waals surface area contributed by atoms with Crippen LogP contribution in [-0.2, 0) is 23.1 Å². The van der Waals surface area contributed by atoms with Gasteiger partial charge in [-0.2, -0.15) is 4.31 Å². The number of aromatic nitrogens is 2. The Morgan fingerprint density at radius 1 is 1.19 bits per heavy atom. The smallest absolute Gasteiger partial charge is 0.335 e. The van der Waals surface area contributed by atoms with Crippen LogP contribution in [0.5, 0.6) is 0 Å². The number of carbonyl (C=O) groups is 1. The van der Waals surface area contributed by atoms with E-state index in [4.69, 9.17) is 5.11 Å². The largest absolute Gasteiger partial charge is 0.478 e. The van der Waals surface area contributed by atoms with E-state index in [-0.39, 0.29) is 17.0 Å². The van der Waals surface area contributed by atoms with Crippen molar-refractivity contribution in [3.8, 4) is 0 Å². The van der Waals surface area contributed by atoms with Gasteiger partial charge in [0.25, 0.3) is 0 Å². The number of hydrogen-bond acceptors (Lipinski definition) is 4. The number of sulfonamides is 1. The first kappa shape index (κ1) is 13.8. The highest BCUT2D eigenvalue weighted by molar-refractivity contribution is 7.89. The quantitative estimate of drug-likeness (QED) is 0.905. The number of carboxylic acids is 1. The number of carboxylic acid groups (broad SMARTS) is 1. The molecule has 1 aromatic heterocycles. The second kappa shape index (κ2) is 4.97. The zero-order valence-corrected chi connectivity index (χ0v) is 11.8. The summed E-state index contributed by atoms with van der Waals surface area (Å²) in [6.07, 6.45) is 3.47. The maximum Gasteiger partial charge on any atom is 0.335 e. The molecule has 110 valence electrons. The Labute approximate surface area is 121 Å². The van der Waals surface area contributed by atoms with Gasteiger partial charge in [-0.05, 0) is 24.3 Å². The standard InChI is InChI=1S/C13H13N3O4S/c17-13(18)10-1-3-11(4-2-10)21(19,20)16-8-7-15-6-5-14-12(15)9-16/h1-6H,7-9H2,(H,17,18). The topological polar surface area (TPSA) is 92.5 Å². The van der Waals surface area contributed by atoms with Crippen molar-refractivity contribution in [2.45, 2.75) is 18.0 Å². The lowest BCUT2D eigenvalue weighted by Gasteiger charge is -2.26. The molecule has 7 nitrogen and oxygen atoms in total. The molecule has 0 atom stereocenters. The molecule has 1 aromatic carbocycles. The SMILES string of the molecule is O=C(O)c1ccc(S(=O)(=O)N2CCn3ccnc3C2)cc1. The zero-order valence-electron chi connectivity index (χ0n) is 11.0. The van der Waals surface area contributed by atoms with E-state index >= 15 is 0 Å². The van der Waals surface area contributed by atoms with Crippen LogP contribution in [0.25, 0.3) is 0 Å². The van der Waals surface area contributed by atoms with Crippen LogP contribution in [-0.4, -0.2) is 39.9 Å². The van der Waals surface area contributed by atoms with Gasteiger partial charge in [-0.3, -0.25) is 0 Å². The Morgan fingerprint density at radius 2 is 1.90 bits per heavy atom. The fraction of sp³-hybridized carbons (Fsp3) is 0.231. The van der Waals surface area contributed by atoms with Gasteiger partial charge in [0, 0.05) is 25.5 Å². The van der Waals surface area contributed by atoms with E-state index in [0.29, 0.717) is 18.9 Å². The van der Waals surface area contributed by atoms with Crippen LogP contribution in [0.15, 0.2) is 41.6 Å². The van der Waals surface area contributed by atoms with Gasteiger partial charge in [0.05, 0.1) is 17.0 Å². The number of rotatable bonds is 3. The second-order valence-corrected chi connectivity index (χ2v) is 6.64. The van der Waals surface area contributed by atoms with Crippen molar-refractivity contribution in [2.24, 2.45) is 0 Å². The van der Waals surface area contributed by atoms with Crippen molar-refractivity contribution in [1.82, 2.24) is 13.9 Å². The third kappa shape index (κ3) is 2.43. The third-order valence-electron chi connectivity index (χ3n) is 3.45. The summed E-state index contributed by atoms with van der Waals surface area (Å²) < 4.78 is 28.4. The van der Waals surface area contributed by atoms with Gasteiger partial charge in [-0.25, -0.2) is 18.2 Å². The molecule has 0 unspecified atom stereocenters. The minimum Gasteiger partial charge on any atom is -0.478 e. The summed E-state index contributed by atoms with van der Waals surface area (Å²) in [5.41, 5.74) is 0.0585. The molecule has 0 saturated carbocycles. The molecule has 2 heterocycles. The summed E-state index contributed by atoms with van der Waals surface area (Å²) in [5, 5.41) is 8.84. The molecule has 1 N–H and O–H groups in total. The lowest BCUT2D eigenvalue weighted by atomic mass is 10.2. The van der Waals surface area contributed by atoms with Crippen LogP contribution in [0, 0.1) is 0 Å². The number of fused-ring (bicyclic) bond motifs is 1. The number of imidazole rings is 1. The molecule has 0 aliphatic carbocycles. The van der Waals surface area contributed by atoms with Crippen molar-refractivity contribution in [1.29, 1.82) is 0 Å². The highest BCUT2D eigenvalue weighted by atomic mass is 32.2. The summed E-state index contributed by atoms with van der Waals surface area (Å²) in [7, 11) is -3.64. The molecule has 8 heteroatoms. The first-order valence-electron chi connectivity index (χ1n) is 6.32. The Bertz CT molecular complexity index is 780. The molecule has 2 aromatic rings. The summed E-state index contributed by atoms with van der Waals surface area (Å²) in [6.45, 7) is 1.14. The molecule has 1 aliphatic rings. The fourth-order valence-electron chi connectivity index (χ4n) is 2.28. The van der Waals surface area contributed by atoms with E-state index in [1.807, 2.05) is 10.8 Å². The molecule has 0 spiro atoms. The summed E-state index contributed by atoms with van der Waals surface area (Å²) in [6, 6.07) is 5.22. The van der Waals surface area contributed by atoms with Crippen LogP contribution in [0.2, 0.25) is 0 Å². The molecule has 0 fully saturated rings. The molecular formula is C13H13N3O4S. The normalized spacial score (nSPS) is 15.6. The monoisotopic (exact) mass is 307 g/mol. The predicted molar refractivity (Wildman–Crippen MR) is 73.2 cm³/mol. The van der Waals surface area contributed by atoms with Crippen molar-refractivity contribution in [3.05, 3.63) is 48.0 Å². The Morgan fingerprint density at radius 3 is 2.57 bits per heavy atom. The average Bonchev–Trinajstić information content (AvgIpc) is 2.94. The van der Waals surface area contributed by atoms with Gasteiger partial charge in [-0.15, -0.1) is 0 Å². The molecular weight excluding hydrogens is 294 g/mol. The van der Waals surface area contributed by atoms with Gasteiger partial charge in [0.2, 0.25) is 10.0 Å². The lowest BCUT2D eigenvalue weighted by molar-refractivity contribution is 0.0696. The highest BCUT2D eigenvalue weighted by Gasteiger charge is 2.28. The fourth-order valence-corrected chi connectivity index (χ4v) is 3.66. The van der Waals surface area contributed by atoms with Crippen molar-refractivity contribution in [3.63, 3.8) is 0 Å². The van der Waals surface area contributed by atoms with Crippen molar-refractivity contribution < 1.29 is 18.3 Å². The number of nitrogens with zero attached hydrogens (tertiary/aromatic N) is 3. The minimum atomic E-state index is -3.64. The Kier molecular flexibility index (Phi) is 3.26. The molecule has 0 saturated heterocycles. The Hall–Kier alpha value is -2.19. The van der Waals surface area contributed by atoms with Crippen molar-refractivity contribution in [2.75, 3.05) is 6.54 Å². The van der Waals surface area contributed by atoms with E-state index in [1.165, 1.54) is 28.6 Å². The van der Waals surface area contributed by atoms with Crippen molar-refractivity contribution >= 4 is 16.0 Å². The number of aromatic carboxylic acids is 1. The number of benzene rings is 1. The second-order valence-electron chi connectivity index (χ2n) is 4.70. The third-order valence-corrected chi connectivity index (χ3v) is 5.31. The van der Waals surface area contributed by atoms with Gasteiger partial charge in [0.1, 0.15) is 5.82 Å². The van der Waals surface area contributed by atoms with Gasteiger partial charge in [-0.1, -0.05) is 0 Å². The maximum absolute atomic E-state index is 12.5. The first-order valence-corrected chi connectivity index (χ1v) is 7.76. The van der Waals surface area contributed by atoms with Crippen LogP contribution in [0.3, 0.4) is 0 Å². The summed E-state index contributed by atoms with van der Waals surface area (Å²) >= 11 is 0. The molecule has 0 amide bonds. The van der Waals surface area contributed by atoms with Gasteiger partial charge in [0.15, 0.2) is 0 Å². The summed E-state index contributed by atoms with van der Waals surface area (Å²) in [5.74, 6) is -0.383. The molecule has 3 rings (SSSR count). The zero-order chi connectivity index (χ0) is 15.0. The molecule has 0 radical (unpaired) electrons. The number of hydrogen-bond donors (Lipinski definition) is 1. The van der Waals surface area contributed by atoms with Crippen LogP contribution in [0.4, 0.5) is 0 Å². The molecule has 0 bridgehead atoms. The van der Waals surface area contributed by atoms with Crippen LogP contribution in [0.1, 0.15) is 16.2 Å². The van der Waals surface area contributed by atoms with E-state index in [2.05, 4.69) is 4.98 Å². The molecule has 21 heavy (non-hydrogen) atoms. The molecule has 1 aliphatic heterocycles. The van der Waals surface area contributed by atoms with E-state index in [1.54, 1.807) is 6.20 Å². The van der Waals surface area contributed by atoms with E-state index in [9.17, 15) is 13.2 Å². The first-order chi connectivity index (χ1) is 9.98. The van der Waals surface area contributed by atoms with Crippen LogP contribution < -0.4 is 0 Å². The van der Waals surface area contributed by atoms with Crippen LogP contribution >= 0.6 is 0 Å². The van der Waals surface area contributed by atoms with E-state index in [0.717, 1.165) is 0 Å². The summed E-state index contributed by atoms with van der Waals surface area (Å²) in [4.78, 5) is 15.0. The Balaban J connectivity index is 1.89. The predicted octanol–water partition coefficient (Wildman–Crippen LogP) is 0.786. The highest BCUT2D eigenvalue weighted by Crippen LogP contribution is 2.21. The lowest BCUT2D eigenvalue weighted by Crippen LogP contribution is -2.38. The van der Waals surface area contributed by atoms with E-state index < -0.39 is 16.0 Å². The minimum absolute atomic E-state index is 0.0585.